The molecule has 2 heterocycles. The minimum absolute atomic E-state index is 0.884. The van der Waals surface area contributed by atoms with Crippen LogP contribution in [0.1, 0.15) is 0 Å². The van der Waals surface area contributed by atoms with Crippen LogP contribution >= 0.6 is 0 Å². The van der Waals surface area contributed by atoms with Crippen molar-refractivity contribution in [2.45, 2.75) is 0 Å². The molecule has 0 spiro atoms. The van der Waals surface area contributed by atoms with Gasteiger partial charge in [-0.3, -0.25) is 0 Å². The first-order valence-electron chi connectivity index (χ1n) is 13.2. The summed E-state index contributed by atoms with van der Waals surface area (Å²) < 4.78 is 6.37. The van der Waals surface area contributed by atoms with Gasteiger partial charge in [-0.15, -0.1) is 0 Å². The van der Waals surface area contributed by atoms with E-state index >= 15 is 0 Å². The summed E-state index contributed by atoms with van der Waals surface area (Å²) in [6.07, 6.45) is 0. The normalized spacial score (nSPS) is 12.1. The maximum atomic E-state index is 6.37. The van der Waals surface area contributed by atoms with Gasteiger partial charge in [0.25, 0.3) is 0 Å². The highest BCUT2D eigenvalue weighted by atomic mass is 16.3. The van der Waals surface area contributed by atoms with Crippen molar-refractivity contribution in [3.63, 3.8) is 0 Å². The smallest absolute Gasteiger partial charge is 0.136 e. The molecule has 9 aromatic rings. The molecular formula is C36H20N2O. The molecule has 0 aliphatic heterocycles. The van der Waals surface area contributed by atoms with Crippen molar-refractivity contribution in [1.82, 2.24) is 9.97 Å². The van der Waals surface area contributed by atoms with E-state index in [1.165, 1.54) is 43.1 Å². The van der Waals surface area contributed by atoms with E-state index in [2.05, 4.69) is 91.0 Å². The molecule has 0 saturated heterocycles. The summed E-state index contributed by atoms with van der Waals surface area (Å²) in [7, 11) is 0. The molecule has 9 rings (SSSR count). The Labute approximate surface area is 223 Å². The zero-order valence-electron chi connectivity index (χ0n) is 20.8. The first-order chi connectivity index (χ1) is 19.3. The number of rotatable bonds is 2. The Morgan fingerprint density at radius 1 is 0.436 bits per heavy atom. The SMILES string of the molecule is c1ccc(-c2nc3ccccc3nc2-c2cc3ccccc3c3c4cccc5oc6cccc(c23)c6c54)cc1. The Kier molecular flexibility index (Phi) is 4.05. The molecular weight excluding hydrogens is 476 g/mol. The molecule has 0 atom stereocenters. The summed E-state index contributed by atoms with van der Waals surface area (Å²) in [5.74, 6) is 0. The Hall–Kier alpha value is -5.28. The van der Waals surface area contributed by atoms with Crippen molar-refractivity contribution in [3.05, 3.63) is 121 Å². The van der Waals surface area contributed by atoms with Crippen molar-refractivity contribution in [3.8, 4) is 22.5 Å². The molecule has 0 bridgehead atoms. The molecule has 0 unspecified atom stereocenters. The molecule has 7 aromatic carbocycles. The molecule has 0 N–H and O–H groups in total. The van der Waals surface area contributed by atoms with E-state index in [1.54, 1.807) is 0 Å². The number of furan rings is 1. The van der Waals surface area contributed by atoms with Gasteiger partial charge in [-0.25, -0.2) is 9.97 Å². The van der Waals surface area contributed by atoms with Gasteiger partial charge in [-0.05, 0) is 57.3 Å². The fraction of sp³-hybridized carbons (Fsp3) is 0. The number of hydrogen-bond donors (Lipinski definition) is 0. The predicted molar refractivity (Wildman–Crippen MR) is 161 cm³/mol. The van der Waals surface area contributed by atoms with E-state index in [9.17, 15) is 0 Å². The molecule has 3 nitrogen and oxygen atoms in total. The zero-order valence-corrected chi connectivity index (χ0v) is 20.8. The fourth-order valence-corrected chi connectivity index (χ4v) is 6.36. The standard InChI is InChI=1S/C36H20N2O/c1-2-10-21(11-3-1)35-36(38-28-17-7-6-16-27(28)37-35)26-20-22-12-4-5-13-23(22)31-24-14-8-18-29-33(24)34-25(32(26)31)15-9-19-30(34)39-29/h1-20H. The van der Waals surface area contributed by atoms with E-state index in [4.69, 9.17) is 14.4 Å². The third-order valence-corrected chi connectivity index (χ3v) is 7.98. The maximum absolute atomic E-state index is 6.37. The Bertz CT molecular complexity index is 2390. The van der Waals surface area contributed by atoms with Crippen LogP contribution in [-0.4, -0.2) is 9.97 Å². The molecule has 0 amide bonds. The van der Waals surface area contributed by atoms with Gasteiger partial charge in [0.15, 0.2) is 0 Å². The van der Waals surface area contributed by atoms with E-state index < -0.39 is 0 Å². The maximum Gasteiger partial charge on any atom is 0.136 e. The minimum atomic E-state index is 0.884. The van der Waals surface area contributed by atoms with Gasteiger partial charge in [0.2, 0.25) is 0 Å². The van der Waals surface area contributed by atoms with Crippen LogP contribution in [0.4, 0.5) is 0 Å². The summed E-state index contributed by atoms with van der Waals surface area (Å²) in [5, 5.41) is 9.54. The van der Waals surface area contributed by atoms with Crippen molar-refractivity contribution < 1.29 is 4.42 Å². The zero-order chi connectivity index (χ0) is 25.5. The number of nitrogens with zero attached hydrogens (tertiary/aromatic N) is 2. The van der Waals surface area contributed by atoms with Crippen molar-refractivity contribution in [2.75, 3.05) is 0 Å². The molecule has 2 aromatic heterocycles. The molecule has 39 heavy (non-hydrogen) atoms. The van der Waals surface area contributed by atoms with Gasteiger partial charge in [0, 0.05) is 27.3 Å². The second kappa shape index (κ2) is 7.62. The molecule has 0 aliphatic carbocycles. The van der Waals surface area contributed by atoms with Crippen molar-refractivity contribution in [1.29, 1.82) is 0 Å². The van der Waals surface area contributed by atoms with Crippen LogP contribution in [0.5, 0.6) is 0 Å². The van der Waals surface area contributed by atoms with Crippen molar-refractivity contribution >= 4 is 65.3 Å². The molecule has 0 aliphatic rings. The predicted octanol–water partition coefficient (Wildman–Crippen LogP) is 9.76. The van der Waals surface area contributed by atoms with Crippen LogP contribution in [0.3, 0.4) is 0 Å². The lowest BCUT2D eigenvalue weighted by Gasteiger charge is -2.17. The Balaban J connectivity index is 1.57. The van der Waals surface area contributed by atoms with Crippen molar-refractivity contribution in [2.24, 2.45) is 0 Å². The average molecular weight is 497 g/mol. The second-order valence-electron chi connectivity index (χ2n) is 10.1. The summed E-state index contributed by atoms with van der Waals surface area (Å²) in [4.78, 5) is 10.5. The van der Waals surface area contributed by atoms with Gasteiger partial charge in [-0.2, -0.15) is 0 Å². The minimum Gasteiger partial charge on any atom is -0.456 e. The molecule has 0 saturated carbocycles. The highest BCUT2D eigenvalue weighted by Gasteiger charge is 2.23. The summed E-state index contributed by atoms with van der Waals surface area (Å²) in [5.41, 5.74) is 7.50. The fourth-order valence-electron chi connectivity index (χ4n) is 6.36. The summed E-state index contributed by atoms with van der Waals surface area (Å²) in [6.45, 7) is 0. The lowest BCUT2D eigenvalue weighted by molar-refractivity contribution is 0.669. The third-order valence-electron chi connectivity index (χ3n) is 7.98. The highest BCUT2D eigenvalue weighted by Crippen LogP contribution is 2.48. The van der Waals surface area contributed by atoms with E-state index in [-0.39, 0.29) is 0 Å². The van der Waals surface area contributed by atoms with Crippen LogP contribution in [0, 0.1) is 0 Å². The molecule has 0 radical (unpaired) electrons. The molecule has 0 fully saturated rings. The molecule has 180 valence electrons. The monoisotopic (exact) mass is 496 g/mol. The number of aromatic nitrogens is 2. The number of hydrogen-bond acceptors (Lipinski definition) is 3. The van der Waals surface area contributed by atoms with Gasteiger partial charge in [-0.1, -0.05) is 91.0 Å². The van der Waals surface area contributed by atoms with E-state index in [0.717, 1.165) is 44.7 Å². The second-order valence-corrected chi connectivity index (χ2v) is 10.1. The third kappa shape index (κ3) is 2.82. The van der Waals surface area contributed by atoms with E-state index in [1.807, 2.05) is 30.3 Å². The first kappa shape index (κ1) is 20.7. The van der Waals surface area contributed by atoms with Gasteiger partial charge in [0.05, 0.1) is 22.4 Å². The average Bonchev–Trinajstić information content (AvgIpc) is 3.39. The van der Waals surface area contributed by atoms with Crippen LogP contribution in [0.15, 0.2) is 126 Å². The van der Waals surface area contributed by atoms with Crippen LogP contribution in [-0.2, 0) is 0 Å². The Morgan fingerprint density at radius 3 is 1.77 bits per heavy atom. The summed E-state index contributed by atoms with van der Waals surface area (Å²) in [6, 6.07) is 42.3. The van der Waals surface area contributed by atoms with Crippen LogP contribution in [0.25, 0.3) is 87.8 Å². The van der Waals surface area contributed by atoms with Gasteiger partial charge in [0.1, 0.15) is 11.2 Å². The first-order valence-corrected chi connectivity index (χ1v) is 13.2. The lowest BCUT2D eigenvalue weighted by atomic mass is 9.87. The molecule has 3 heteroatoms. The lowest BCUT2D eigenvalue weighted by Crippen LogP contribution is -1.97. The highest BCUT2D eigenvalue weighted by molar-refractivity contribution is 6.39. The number of para-hydroxylation sites is 2. The van der Waals surface area contributed by atoms with Crippen LogP contribution in [0.2, 0.25) is 0 Å². The number of benzene rings is 7. The van der Waals surface area contributed by atoms with E-state index in [0.29, 0.717) is 0 Å². The Morgan fingerprint density at radius 2 is 1.03 bits per heavy atom. The van der Waals surface area contributed by atoms with Gasteiger partial charge < -0.3 is 4.42 Å². The summed E-state index contributed by atoms with van der Waals surface area (Å²) >= 11 is 0. The topological polar surface area (TPSA) is 38.9 Å². The number of fused-ring (bicyclic) bond motifs is 6. The largest absolute Gasteiger partial charge is 0.456 e. The van der Waals surface area contributed by atoms with Gasteiger partial charge >= 0.3 is 0 Å². The quantitative estimate of drug-likeness (QED) is 0.224. The van der Waals surface area contributed by atoms with Crippen LogP contribution < -0.4 is 0 Å².